The second kappa shape index (κ2) is 6.87. The van der Waals surface area contributed by atoms with Crippen molar-refractivity contribution in [1.82, 2.24) is 24.6 Å². The normalized spacial score (nSPS) is 11.5. The Bertz CT molecular complexity index is 1230. The maximum atomic E-state index is 11.8. The summed E-state index contributed by atoms with van der Waals surface area (Å²) in [5, 5.41) is 4.95. The summed E-state index contributed by atoms with van der Waals surface area (Å²) in [5.41, 5.74) is 8.47. The van der Waals surface area contributed by atoms with Crippen LogP contribution in [0.4, 0.5) is 5.82 Å². The number of pyridine rings is 1. The molecule has 2 N–H and O–H groups in total. The number of aryl methyl sites for hydroxylation is 1. The van der Waals surface area contributed by atoms with Crippen molar-refractivity contribution in [2.45, 2.75) is 11.9 Å². The van der Waals surface area contributed by atoms with Gasteiger partial charge in [-0.15, -0.1) is 23.7 Å². The number of hydrogen-bond acceptors (Lipinski definition) is 8. The molecular weight excluding hydrogens is 408 g/mol. The van der Waals surface area contributed by atoms with E-state index in [-0.39, 0.29) is 23.3 Å². The Morgan fingerprint density at radius 2 is 1.93 bits per heavy atom. The van der Waals surface area contributed by atoms with Crippen LogP contribution in [0.1, 0.15) is 4.88 Å². The van der Waals surface area contributed by atoms with Gasteiger partial charge in [-0.25, -0.2) is 18.4 Å². The van der Waals surface area contributed by atoms with Gasteiger partial charge in [0.15, 0.2) is 20.5 Å². The molecule has 11 heteroatoms. The van der Waals surface area contributed by atoms with Crippen LogP contribution in [0.5, 0.6) is 0 Å². The van der Waals surface area contributed by atoms with Crippen LogP contribution >= 0.6 is 23.7 Å². The van der Waals surface area contributed by atoms with Gasteiger partial charge in [0.2, 0.25) is 0 Å². The van der Waals surface area contributed by atoms with Crippen LogP contribution in [-0.2, 0) is 9.84 Å². The van der Waals surface area contributed by atoms with E-state index in [1.165, 1.54) is 10.6 Å². The van der Waals surface area contributed by atoms with Crippen LogP contribution in [-0.4, -0.2) is 39.2 Å². The number of nitrogens with zero attached hydrogens (tertiary/aromatic N) is 5. The zero-order valence-electron chi connectivity index (χ0n) is 14.3. The SMILES string of the molecule is Cc1cnc(-c2ccc(-c3cnn4c(N)cc(S(C)(=O)=O)nc34)cn2)s1.Cl. The Kier molecular flexibility index (Phi) is 4.89. The van der Waals surface area contributed by atoms with Crippen molar-refractivity contribution in [1.29, 1.82) is 0 Å². The van der Waals surface area contributed by atoms with Crippen LogP contribution in [0, 0.1) is 6.92 Å². The number of thiazole rings is 1. The number of anilines is 1. The molecule has 0 fully saturated rings. The molecule has 0 aliphatic heterocycles. The zero-order chi connectivity index (χ0) is 18.5. The van der Waals surface area contributed by atoms with Crippen molar-refractivity contribution in [3.8, 4) is 21.8 Å². The molecule has 4 heterocycles. The highest BCUT2D eigenvalue weighted by Gasteiger charge is 2.17. The summed E-state index contributed by atoms with van der Waals surface area (Å²) in [7, 11) is -3.49. The van der Waals surface area contributed by atoms with Gasteiger partial charge in [-0.1, -0.05) is 6.07 Å². The fourth-order valence-electron chi connectivity index (χ4n) is 2.51. The lowest BCUT2D eigenvalue weighted by Gasteiger charge is -2.04. The number of aromatic nitrogens is 5. The summed E-state index contributed by atoms with van der Waals surface area (Å²) in [4.78, 5) is 14.1. The third-order valence-electron chi connectivity index (χ3n) is 3.77. The fourth-order valence-corrected chi connectivity index (χ4v) is 3.84. The van der Waals surface area contributed by atoms with E-state index in [1.54, 1.807) is 29.9 Å². The van der Waals surface area contributed by atoms with Crippen LogP contribution in [0.3, 0.4) is 0 Å². The van der Waals surface area contributed by atoms with Crippen molar-refractivity contribution in [2.75, 3.05) is 12.0 Å². The molecule has 8 nitrogen and oxygen atoms in total. The number of nitrogen functional groups attached to an aromatic ring is 1. The molecule has 140 valence electrons. The molecule has 0 aliphatic rings. The summed E-state index contributed by atoms with van der Waals surface area (Å²) in [5.74, 6) is 0.199. The Labute approximate surface area is 165 Å². The van der Waals surface area contributed by atoms with Crippen molar-refractivity contribution in [3.05, 3.63) is 41.7 Å². The lowest BCUT2D eigenvalue weighted by molar-refractivity contribution is 0.598. The monoisotopic (exact) mass is 422 g/mol. The zero-order valence-corrected chi connectivity index (χ0v) is 16.8. The number of nitrogens with two attached hydrogens (primary N) is 1. The van der Waals surface area contributed by atoms with Gasteiger partial charge < -0.3 is 5.73 Å². The van der Waals surface area contributed by atoms with Gasteiger partial charge in [0.1, 0.15) is 10.8 Å². The molecular formula is C16H15ClN6O2S2. The van der Waals surface area contributed by atoms with Gasteiger partial charge in [0.25, 0.3) is 0 Å². The minimum atomic E-state index is -3.49. The second-order valence-electron chi connectivity index (χ2n) is 5.79. The highest BCUT2D eigenvalue weighted by molar-refractivity contribution is 7.90. The van der Waals surface area contributed by atoms with Gasteiger partial charge in [-0.05, 0) is 13.0 Å². The predicted octanol–water partition coefficient (Wildman–Crippen LogP) is 2.63. The van der Waals surface area contributed by atoms with E-state index in [1.807, 2.05) is 19.1 Å². The van der Waals surface area contributed by atoms with E-state index in [9.17, 15) is 8.42 Å². The van der Waals surface area contributed by atoms with Crippen molar-refractivity contribution >= 4 is 45.0 Å². The fraction of sp³-hybridized carbons (Fsp3) is 0.125. The van der Waals surface area contributed by atoms with Crippen molar-refractivity contribution < 1.29 is 8.42 Å². The smallest absolute Gasteiger partial charge is 0.192 e. The maximum Gasteiger partial charge on any atom is 0.192 e. The molecule has 0 unspecified atom stereocenters. The quantitative estimate of drug-likeness (QED) is 0.504. The van der Waals surface area contributed by atoms with Gasteiger partial charge >= 0.3 is 0 Å². The van der Waals surface area contributed by atoms with Crippen molar-refractivity contribution in [3.63, 3.8) is 0 Å². The van der Waals surface area contributed by atoms with Gasteiger partial charge in [-0.2, -0.15) is 9.61 Å². The molecule has 4 aromatic heterocycles. The summed E-state index contributed by atoms with van der Waals surface area (Å²) >= 11 is 1.57. The second-order valence-corrected chi connectivity index (χ2v) is 8.99. The van der Waals surface area contributed by atoms with Crippen LogP contribution in [0.2, 0.25) is 0 Å². The number of fused-ring (bicyclic) bond motifs is 1. The van der Waals surface area contributed by atoms with Gasteiger partial charge in [0, 0.05) is 40.7 Å². The average Bonchev–Trinajstić information content (AvgIpc) is 3.21. The molecule has 0 atom stereocenters. The summed E-state index contributed by atoms with van der Waals surface area (Å²) in [6.07, 6.45) is 6.18. The lowest BCUT2D eigenvalue weighted by Crippen LogP contribution is -2.07. The molecule has 0 amide bonds. The van der Waals surface area contributed by atoms with Crippen LogP contribution in [0.15, 0.2) is 41.8 Å². The van der Waals surface area contributed by atoms with E-state index < -0.39 is 9.84 Å². The highest BCUT2D eigenvalue weighted by Crippen LogP contribution is 2.28. The van der Waals surface area contributed by atoms with Gasteiger partial charge in [0.05, 0.1) is 11.9 Å². The summed E-state index contributed by atoms with van der Waals surface area (Å²) in [6.45, 7) is 1.99. The van der Waals surface area contributed by atoms with Crippen LogP contribution < -0.4 is 5.73 Å². The van der Waals surface area contributed by atoms with Crippen molar-refractivity contribution in [2.24, 2.45) is 0 Å². The Morgan fingerprint density at radius 3 is 2.52 bits per heavy atom. The van der Waals surface area contributed by atoms with Gasteiger partial charge in [-0.3, -0.25) is 4.98 Å². The summed E-state index contributed by atoms with van der Waals surface area (Å²) < 4.78 is 25.1. The molecule has 0 aromatic carbocycles. The molecule has 0 aliphatic carbocycles. The largest absolute Gasteiger partial charge is 0.383 e. The number of hydrogen-bond donors (Lipinski definition) is 1. The third-order valence-corrected chi connectivity index (χ3v) is 5.67. The first-order chi connectivity index (χ1) is 12.3. The third kappa shape index (κ3) is 3.51. The Balaban J connectivity index is 0.00000210. The topological polar surface area (TPSA) is 116 Å². The minimum Gasteiger partial charge on any atom is -0.383 e. The first-order valence-electron chi connectivity index (χ1n) is 7.56. The van der Waals surface area contributed by atoms with E-state index in [4.69, 9.17) is 5.73 Å². The lowest BCUT2D eigenvalue weighted by atomic mass is 10.1. The highest BCUT2D eigenvalue weighted by atomic mass is 35.5. The summed E-state index contributed by atoms with van der Waals surface area (Å²) in [6, 6.07) is 5.03. The molecule has 0 saturated heterocycles. The van der Waals surface area contributed by atoms with E-state index in [2.05, 4.69) is 20.1 Å². The number of rotatable bonds is 3. The standard InChI is InChI=1S/C16H14N6O2S2.ClH/c1-9-6-19-16(25-9)12-4-3-10(7-18-12)11-8-20-22-13(17)5-14(21-15(11)22)26(2,23)24;/h3-8H,17H2,1-2H3;1H. The Hall–Kier alpha value is -2.56. The molecule has 4 rings (SSSR count). The van der Waals surface area contributed by atoms with E-state index in [0.29, 0.717) is 11.2 Å². The average molecular weight is 423 g/mol. The molecule has 0 radical (unpaired) electrons. The molecule has 0 spiro atoms. The molecule has 0 bridgehead atoms. The molecule has 0 saturated carbocycles. The van der Waals surface area contributed by atoms with E-state index in [0.717, 1.165) is 27.4 Å². The first kappa shape index (κ1) is 19.2. The predicted molar refractivity (Wildman–Crippen MR) is 107 cm³/mol. The number of sulfone groups is 1. The first-order valence-corrected chi connectivity index (χ1v) is 10.3. The van der Waals surface area contributed by atoms with Crippen LogP contribution in [0.25, 0.3) is 27.5 Å². The number of halogens is 1. The molecule has 4 aromatic rings. The van der Waals surface area contributed by atoms with E-state index >= 15 is 0 Å². The minimum absolute atomic E-state index is 0. The maximum absolute atomic E-state index is 11.8. The molecule has 27 heavy (non-hydrogen) atoms. The Morgan fingerprint density at radius 1 is 1.15 bits per heavy atom.